The van der Waals surface area contributed by atoms with Crippen molar-refractivity contribution < 1.29 is 5.11 Å². The number of nitrogens with zero attached hydrogens (tertiary/aromatic N) is 3. The molecule has 1 aromatic carbocycles. The van der Waals surface area contributed by atoms with Crippen molar-refractivity contribution in [2.24, 2.45) is 0 Å². The fourth-order valence-corrected chi connectivity index (χ4v) is 2.29. The van der Waals surface area contributed by atoms with Gasteiger partial charge in [-0.15, -0.1) is 0 Å². The summed E-state index contributed by atoms with van der Waals surface area (Å²) in [6, 6.07) is 15.4. The summed E-state index contributed by atoms with van der Waals surface area (Å²) >= 11 is 0. The Bertz CT molecular complexity index is 724. The Hall–Kier alpha value is -2.72. The van der Waals surface area contributed by atoms with Gasteiger partial charge in [0.25, 0.3) is 0 Å². The second-order valence-electron chi connectivity index (χ2n) is 5.12. The fraction of sp³-hybridized carbons (Fsp3) is 0.111. The lowest BCUT2D eigenvalue weighted by Gasteiger charge is -2.24. The maximum atomic E-state index is 11.1. The van der Waals surface area contributed by atoms with Crippen LogP contribution in [-0.4, -0.2) is 19.6 Å². The summed E-state index contributed by atoms with van der Waals surface area (Å²) in [5.41, 5.74) is 0.441. The molecular formula is C18H17N3O. The maximum absolute atomic E-state index is 11.1. The summed E-state index contributed by atoms with van der Waals surface area (Å²) in [7, 11) is 0. The van der Waals surface area contributed by atoms with Crippen molar-refractivity contribution in [3.8, 4) is 0 Å². The van der Waals surface area contributed by atoms with E-state index in [9.17, 15) is 5.11 Å². The first kappa shape index (κ1) is 14.2. The first-order valence-corrected chi connectivity index (χ1v) is 7.10. The van der Waals surface area contributed by atoms with Crippen molar-refractivity contribution in [2.75, 3.05) is 0 Å². The van der Waals surface area contributed by atoms with Crippen molar-refractivity contribution in [3.63, 3.8) is 0 Å². The second kappa shape index (κ2) is 6.37. The van der Waals surface area contributed by atoms with Gasteiger partial charge in [-0.2, -0.15) is 0 Å². The van der Waals surface area contributed by atoms with Crippen molar-refractivity contribution in [1.29, 1.82) is 0 Å². The second-order valence-corrected chi connectivity index (χ2v) is 5.12. The van der Waals surface area contributed by atoms with Crippen LogP contribution >= 0.6 is 0 Å². The molecule has 0 saturated heterocycles. The average molecular weight is 291 g/mol. The van der Waals surface area contributed by atoms with Gasteiger partial charge in [0, 0.05) is 18.6 Å². The largest absolute Gasteiger partial charge is 0.377 e. The van der Waals surface area contributed by atoms with Crippen LogP contribution in [0.15, 0.2) is 79.5 Å². The van der Waals surface area contributed by atoms with E-state index in [0.717, 1.165) is 5.56 Å². The smallest absolute Gasteiger partial charge is 0.143 e. The van der Waals surface area contributed by atoms with E-state index >= 15 is 0 Å². The van der Waals surface area contributed by atoms with Crippen LogP contribution in [0.5, 0.6) is 0 Å². The minimum atomic E-state index is -1.20. The molecule has 0 aliphatic heterocycles. The Morgan fingerprint density at radius 2 is 1.86 bits per heavy atom. The number of aliphatic hydroxyl groups is 1. The molecule has 3 rings (SSSR count). The lowest BCUT2D eigenvalue weighted by molar-refractivity contribution is 0.0659. The van der Waals surface area contributed by atoms with Gasteiger partial charge in [0.2, 0.25) is 0 Å². The highest BCUT2D eigenvalue weighted by molar-refractivity contribution is 5.51. The van der Waals surface area contributed by atoms with E-state index in [1.165, 1.54) is 0 Å². The third kappa shape index (κ3) is 3.30. The molecule has 110 valence electrons. The average Bonchev–Trinajstić information content (AvgIpc) is 3.08. The predicted octanol–water partition coefficient (Wildman–Crippen LogP) is 2.88. The van der Waals surface area contributed by atoms with Crippen molar-refractivity contribution in [1.82, 2.24) is 14.5 Å². The van der Waals surface area contributed by atoms with Gasteiger partial charge in [-0.1, -0.05) is 42.5 Å². The minimum absolute atomic E-state index is 0.355. The number of hydrogen-bond donors (Lipinski definition) is 1. The number of rotatable bonds is 5. The molecule has 0 amide bonds. The molecule has 0 unspecified atom stereocenters. The number of hydrogen-bond acceptors (Lipinski definition) is 3. The normalized spacial score (nSPS) is 14.0. The van der Waals surface area contributed by atoms with E-state index in [4.69, 9.17) is 0 Å². The summed E-state index contributed by atoms with van der Waals surface area (Å²) in [6.07, 6.45) is 10.6. The van der Waals surface area contributed by atoms with E-state index in [1.807, 2.05) is 65.4 Å². The standard InChI is InChI=1S/C18H17N3O/c22-18(14-21-13-12-19-15-21,17-8-4-5-11-20-17)10-9-16-6-2-1-3-7-16/h1-13,15,22H,14H2/b10-9+/t18-/m0/s1. The molecule has 0 saturated carbocycles. The highest BCUT2D eigenvalue weighted by Crippen LogP contribution is 2.24. The first-order chi connectivity index (χ1) is 10.8. The molecule has 0 aliphatic rings. The van der Waals surface area contributed by atoms with Gasteiger partial charge in [0.1, 0.15) is 5.60 Å². The van der Waals surface area contributed by atoms with Crippen LogP contribution in [0, 0.1) is 0 Å². The molecule has 22 heavy (non-hydrogen) atoms. The van der Waals surface area contributed by atoms with E-state index in [2.05, 4.69) is 9.97 Å². The van der Waals surface area contributed by atoms with Gasteiger partial charge in [-0.3, -0.25) is 4.98 Å². The Morgan fingerprint density at radius 1 is 1.05 bits per heavy atom. The van der Waals surface area contributed by atoms with Crippen LogP contribution in [0.25, 0.3) is 6.08 Å². The molecule has 4 nitrogen and oxygen atoms in total. The molecule has 2 aromatic heterocycles. The van der Waals surface area contributed by atoms with E-state index in [1.54, 1.807) is 24.8 Å². The van der Waals surface area contributed by atoms with Gasteiger partial charge in [-0.05, 0) is 23.8 Å². The summed E-state index contributed by atoms with van der Waals surface area (Å²) in [5.74, 6) is 0. The van der Waals surface area contributed by atoms with Crippen molar-refractivity contribution in [2.45, 2.75) is 12.1 Å². The SMILES string of the molecule is O[C@@](/C=C/c1ccccc1)(Cn1ccnc1)c1ccccn1. The van der Waals surface area contributed by atoms with Gasteiger partial charge in [-0.25, -0.2) is 4.98 Å². The molecule has 4 heteroatoms. The monoisotopic (exact) mass is 291 g/mol. The Labute approximate surface area is 129 Å². The van der Waals surface area contributed by atoms with Crippen LogP contribution in [-0.2, 0) is 12.1 Å². The van der Waals surface area contributed by atoms with Crippen molar-refractivity contribution in [3.05, 3.63) is 90.8 Å². The zero-order valence-corrected chi connectivity index (χ0v) is 12.1. The molecule has 0 bridgehead atoms. The molecule has 0 radical (unpaired) electrons. The molecule has 2 heterocycles. The van der Waals surface area contributed by atoms with Gasteiger partial charge >= 0.3 is 0 Å². The molecular weight excluding hydrogens is 274 g/mol. The van der Waals surface area contributed by atoms with Crippen LogP contribution in [0.2, 0.25) is 0 Å². The third-order valence-electron chi connectivity index (χ3n) is 3.44. The zero-order valence-electron chi connectivity index (χ0n) is 12.1. The Balaban J connectivity index is 1.94. The topological polar surface area (TPSA) is 50.9 Å². The number of pyridine rings is 1. The van der Waals surface area contributed by atoms with E-state index < -0.39 is 5.60 Å². The van der Waals surface area contributed by atoms with Crippen LogP contribution < -0.4 is 0 Å². The fourth-order valence-electron chi connectivity index (χ4n) is 2.29. The van der Waals surface area contributed by atoms with Gasteiger partial charge in [0.05, 0.1) is 18.6 Å². The lowest BCUT2D eigenvalue weighted by Crippen LogP contribution is -2.29. The highest BCUT2D eigenvalue weighted by Gasteiger charge is 2.28. The molecule has 3 aromatic rings. The number of benzene rings is 1. The Morgan fingerprint density at radius 3 is 2.55 bits per heavy atom. The van der Waals surface area contributed by atoms with Crippen molar-refractivity contribution >= 4 is 6.08 Å². The zero-order chi connectivity index (χ0) is 15.3. The maximum Gasteiger partial charge on any atom is 0.143 e. The third-order valence-corrected chi connectivity index (χ3v) is 3.44. The van der Waals surface area contributed by atoms with Gasteiger partial charge in [0.15, 0.2) is 0 Å². The number of imidazole rings is 1. The van der Waals surface area contributed by atoms with Crippen LogP contribution in [0.3, 0.4) is 0 Å². The first-order valence-electron chi connectivity index (χ1n) is 7.10. The highest BCUT2D eigenvalue weighted by atomic mass is 16.3. The van der Waals surface area contributed by atoms with E-state index in [0.29, 0.717) is 12.2 Å². The molecule has 1 N–H and O–H groups in total. The summed E-state index contributed by atoms with van der Waals surface area (Å²) in [4.78, 5) is 8.33. The minimum Gasteiger partial charge on any atom is -0.377 e. The molecule has 1 atom stereocenters. The van der Waals surface area contributed by atoms with Crippen LogP contribution in [0.1, 0.15) is 11.3 Å². The Kier molecular flexibility index (Phi) is 4.12. The lowest BCUT2D eigenvalue weighted by atomic mass is 9.97. The van der Waals surface area contributed by atoms with Gasteiger partial charge < -0.3 is 9.67 Å². The molecule has 0 aliphatic carbocycles. The summed E-state index contributed by atoms with van der Waals surface area (Å²) in [6.45, 7) is 0.355. The summed E-state index contributed by atoms with van der Waals surface area (Å²) < 4.78 is 1.84. The molecule has 0 fully saturated rings. The number of aromatic nitrogens is 3. The quantitative estimate of drug-likeness (QED) is 0.786. The van der Waals surface area contributed by atoms with Crippen LogP contribution in [0.4, 0.5) is 0 Å². The van der Waals surface area contributed by atoms with E-state index in [-0.39, 0.29) is 0 Å². The summed E-state index contributed by atoms with van der Waals surface area (Å²) in [5, 5.41) is 11.1. The predicted molar refractivity (Wildman–Crippen MR) is 85.8 cm³/mol. The molecule has 0 spiro atoms.